The Hall–Kier alpha value is -1.36. The smallest absolute Gasteiger partial charge is 0.254 e. The van der Waals surface area contributed by atoms with Crippen LogP contribution in [0.3, 0.4) is 0 Å². The van der Waals surface area contributed by atoms with E-state index < -0.39 is 9.84 Å². The van der Waals surface area contributed by atoms with Crippen LogP contribution >= 0.6 is 0 Å². The molecule has 0 fully saturated rings. The van der Waals surface area contributed by atoms with Crippen LogP contribution in [0.2, 0.25) is 0 Å². The van der Waals surface area contributed by atoms with Crippen molar-refractivity contribution in [1.29, 1.82) is 0 Å². The molecule has 1 aromatic rings. The number of carbonyl (C=O) groups excluding carboxylic acids is 1. The zero-order valence-electron chi connectivity index (χ0n) is 11.9. The molecule has 0 spiro atoms. The molecule has 0 bridgehead atoms. The lowest BCUT2D eigenvalue weighted by atomic mass is 10.1. The van der Waals surface area contributed by atoms with Crippen LogP contribution in [-0.2, 0) is 9.84 Å². The van der Waals surface area contributed by atoms with Crippen LogP contribution in [0.4, 0.5) is 0 Å². The molecule has 0 atom stereocenters. The van der Waals surface area contributed by atoms with E-state index >= 15 is 0 Å². The summed E-state index contributed by atoms with van der Waals surface area (Å²) in [6.07, 6.45) is 0. The van der Waals surface area contributed by atoms with E-state index in [9.17, 15) is 13.2 Å². The molecule has 0 aliphatic carbocycles. The lowest BCUT2D eigenvalue weighted by molar-refractivity contribution is 0.0775. The van der Waals surface area contributed by atoms with E-state index in [1.54, 1.807) is 37.1 Å². The molecule has 0 N–H and O–H groups in total. The number of carbonyl (C=O) groups is 1. The average molecular weight is 283 g/mol. The van der Waals surface area contributed by atoms with Gasteiger partial charge in [-0.25, -0.2) is 8.42 Å². The molecule has 0 aliphatic rings. The topological polar surface area (TPSA) is 54.5 Å². The van der Waals surface area contributed by atoms with Gasteiger partial charge in [0.1, 0.15) is 0 Å². The van der Waals surface area contributed by atoms with Crippen LogP contribution in [-0.4, -0.2) is 38.6 Å². The van der Waals surface area contributed by atoms with Crippen molar-refractivity contribution in [3.8, 4) is 0 Å². The van der Waals surface area contributed by atoms with Crippen molar-refractivity contribution in [2.75, 3.05) is 19.3 Å². The SMILES string of the molecule is CCS(=O)(=O)c1ccccc1C(=O)N(C)CC(C)C. The second-order valence-corrected chi connectivity index (χ2v) is 7.23. The number of benzene rings is 1. The number of hydrogen-bond donors (Lipinski definition) is 0. The monoisotopic (exact) mass is 283 g/mol. The molecule has 0 saturated carbocycles. The summed E-state index contributed by atoms with van der Waals surface area (Å²) >= 11 is 0. The van der Waals surface area contributed by atoms with Gasteiger partial charge in [0.25, 0.3) is 5.91 Å². The molecule has 4 nitrogen and oxygen atoms in total. The van der Waals surface area contributed by atoms with Crippen LogP contribution in [0.25, 0.3) is 0 Å². The molecule has 1 aromatic carbocycles. The third kappa shape index (κ3) is 3.80. The quantitative estimate of drug-likeness (QED) is 0.832. The summed E-state index contributed by atoms with van der Waals surface area (Å²) in [6.45, 7) is 6.20. The Labute approximate surface area is 115 Å². The van der Waals surface area contributed by atoms with Crippen molar-refractivity contribution in [2.45, 2.75) is 25.7 Å². The zero-order chi connectivity index (χ0) is 14.6. The highest BCUT2D eigenvalue weighted by molar-refractivity contribution is 7.91. The highest BCUT2D eigenvalue weighted by Crippen LogP contribution is 2.18. The van der Waals surface area contributed by atoms with Gasteiger partial charge >= 0.3 is 0 Å². The van der Waals surface area contributed by atoms with Gasteiger partial charge in [-0.15, -0.1) is 0 Å². The number of hydrogen-bond acceptors (Lipinski definition) is 3. The molecule has 0 unspecified atom stereocenters. The van der Waals surface area contributed by atoms with Crippen LogP contribution in [0.15, 0.2) is 29.2 Å². The van der Waals surface area contributed by atoms with Gasteiger partial charge in [-0.05, 0) is 18.1 Å². The maximum atomic E-state index is 12.3. The fourth-order valence-electron chi connectivity index (χ4n) is 1.91. The standard InChI is InChI=1S/C14H21NO3S/c1-5-19(17,18)13-9-7-6-8-12(13)14(16)15(4)10-11(2)3/h6-9,11H,5,10H2,1-4H3. The molecule has 0 radical (unpaired) electrons. The number of sulfone groups is 1. The summed E-state index contributed by atoms with van der Waals surface area (Å²) in [5.74, 6) is 0.0794. The first-order valence-electron chi connectivity index (χ1n) is 6.36. The lowest BCUT2D eigenvalue weighted by Crippen LogP contribution is -2.31. The molecular weight excluding hydrogens is 262 g/mol. The summed E-state index contributed by atoms with van der Waals surface area (Å²) < 4.78 is 24.0. The third-order valence-electron chi connectivity index (χ3n) is 2.82. The Balaban J connectivity index is 3.18. The molecule has 0 saturated heterocycles. The van der Waals surface area contributed by atoms with E-state index in [2.05, 4.69) is 0 Å². The summed E-state index contributed by atoms with van der Waals surface area (Å²) in [7, 11) is -1.69. The normalized spacial score (nSPS) is 11.6. The molecule has 19 heavy (non-hydrogen) atoms. The third-order valence-corrected chi connectivity index (χ3v) is 4.60. The van der Waals surface area contributed by atoms with Crippen molar-refractivity contribution in [2.24, 2.45) is 5.92 Å². The first kappa shape index (κ1) is 15.7. The molecular formula is C14H21NO3S. The van der Waals surface area contributed by atoms with E-state index in [-0.39, 0.29) is 22.1 Å². The van der Waals surface area contributed by atoms with E-state index in [0.29, 0.717) is 12.5 Å². The van der Waals surface area contributed by atoms with Crippen LogP contribution < -0.4 is 0 Å². The van der Waals surface area contributed by atoms with Gasteiger partial charge in [0, 0.05) is 13.6 Å². The van der Waals surface area contributed by atoms with Gasteiger partial charge in [-0.1, -0.05) is 32.9 Å². The summed E-state index contributed by atoms with van der Waals surface area (Å²) in [4.78, 5) is 14.0. The van der Waals surface area contributed by atoms with Crippen molar-refractivity contribution in [3.63, 3.8) is 0 Å². The number of rotatable bonds is 5. The van der Waals surface area contributed by atoms with E-state index in [0.717, 1.165) is 0 Å². The van der Waals surface area contributed by atoms with E-state index in [1.165, 1.54) is 6.07 Å². The van der Waals surface area contributed by atoms with E-state index in [4.69, 9.17) is 0 Å². The van der Waals surface area contributed by atoms with Crippen molar-refractivity contribution >= 4 is 15.7 Å². The van der Waals surface area contributed by atoms with Crippen LogP contribution in [0, 0.1) is 5.92 Å². The lowest BCUT2D eigenvalue weighted by Gasteiger charge is -2.20. The Bertz CT molecular complexity index is 550. The minimum absolute atomic E-state index is 0.00874. The van der Waals surface area contributed by atoms with E-state index in [1.807, 2.05) is 13.8 Å². The first-order valence-corrected chi connectivity index (χ1v) is 8.02. The summed E-state index contributed by atoms with van der Waals surface area (Å²) in [5, 5.41) is 0. The Morgan fingerprint density at radius 3 is 2.37 bits per heavy atom. The van der Waals surface area contributed by atoms with Gasteiger partial charge in [-0.3, -0.25) is 4.79 Å². The first-order chi connectivity index (χ1) is 8.79. The Morgan fingerprint density at radius 2 is 1.84 bits per heavy atom. The van der Waals surface area contributed by atoms with Gasteiger partial charge in [0.15, 0.2) is 9.84 Å². The highest BCUT2D eigenvalue weighted by Gasteiger charge is 2.22. The highest BCUT2D eigenvalue weighted by atomic mass is 32.2. The molecule has 1 rings (SSSR count). The minimum Gasteiger partial charge on any atom is -0.341 e. The molecule has 1 amide bonds. The second kappa shape index (κ2) is 6.19. The summed E-state index contributed by atoms with van der Waals surface area (Å²) in [6, 6.07) is 6.39. The summed E-state index contributed by atoms with van der Waals surface area (Å²) in [5.41, 5.74) is 0.257. The molecule has 5 heteroatoms. The van der Waals surface area contributed by atoms with Crippen molar-refractivity contribution in [3.05, 3.63) is 29.8 Å². The van der Waals surface area contributed by atoms with Crippen molar-refractivity contribution in [1.82, 2.24) is 4.90 Å². The predicted octanol–water partition coefficient (Wildman–Crippen LogP) is 2.21. The maximum Gasteiger partial charge on any atom is 0.254 e. The fourth-order valence-corrected chi connectivity index (χ4v) is 2.99. The van der Waals surface area contributed by atoms with Gasteiger partial charge in [0.2, 0.25) is 0 Å². The molecule has 0 heterocycles. The average Bonchev–Trinajstić information content (AvgIpc) is 2.37. The zero-order valence-corrected chi connectivity index (χ0v) is 12.7. The molecule has 0 aliphatic heterocycles. The fraction of sp³-hybridized carbons (Fsp3) is 0.500. The van der Waals surface area contributed by atoms with Gasteiger partial charge < -0.3 is 4.90 Å². The second-order valence-electron chi connectivity index (χ2n) is 4.98. The Kier molecular flexibility index (Phi) is 5.11. The maximum absolute atomic E-state index is 12.3. The number of nitrogens with zero attached hydrogens (tertiary/aromatic N) is 1. The largest absolute Gasteiger partial charge is 0.341 e. The van der Waals surface area contributed by atoms with Crippen molar-refractivity contribution < 1.29 is 13.2 Å². The predicted molar refractivity (Wildman–Crippen MR) is 76.0 cm³/mol. The van der Waals surface area contributed by atoms with Gasteiger partial charge in [0.05, 0.1) is 16.2 Å². The number of amides is 1. The van der Waals surface area contributed by atoms with Gasteiger partial charge in [-0.2, -0.15) is 0 Å². The van der Waals surface area contributed by atoms with Crippen LogP contribution in [0.5, 0.6) is 0 Å². The molecule has 0 aromatic heterocycles. The minimum atomic E-state index is -3.38. The van der Waals surface area contributed by atoms with Crippen LogP contribution in [0.1, 0.15) is 31.1 Å². The Morgan fingerprint density at radius 1 is 1.26 bits per heavy atom. The molecule has 106 valence electrons.